The molecule has 0 aromatic heterocycles. The van der Waals surface area contributed by atoms with Gasteiger partial charge in [0.15, 0.2) is 5.78 Å². The summed E-state index contributed by atoms with van der Waals surface area (Å²) < 4.78 is 10.9. The Bertz CT molecular complexity index is 1000. The zero-order valence-corrected chi connectivity index (χ0v) is 21.1. The second kappa shape index (κ2) is 11.4. The molecule has 1 fully saturated rings. The molecule has 0 saturated carbocycles. The first-order chi connectivity index (χ1) is 16.6. The Kier molecular flexibility index (Phi) is 8.54. The van der Waals surface area contributed by atoms with Crippen molar-refractivity contribution in [1.82, 2.24) is 10.2 Å². The maximum Gasteiger partial charge on any atom is 0.410 e. The summed E-state index contributed by atoms with van der Waals surface area (Å²) in [5.74, 6) is -0.0927. The summed E-state index contributed by atoms with van der Waals surface area (Å²) in [5.41, 5.74) is 1.20. The molecule has 0 atom stereocenters. The maximum absolute atomic E-state index is 13.5. The van der Waals surface area contributed by atoms with Crippen LogP contribution in [0.3, 0.4) is 0 Å². The highest BCUT2D eigenvalue weighted by Crippen LogP contribution is 2.27. The summed E-state index contributed by atoms with van der Waals surface area (Å²) in [5, 5.41) is 2.86. The number of ketones is 1. The molecule has 1 aliphatic heterocycles. The van der Waals surface area contributed by atoms with Gasteiger partial charge >= 0.3 is 12.2 Å². The average Bonchev–Trinajstić information content (AvgIpc) is 2.83. The van der Waals surface area contributed by atoms with Crippen molar-refractivity contribution < 1.29 is 23.9 Å². The van der Waals surface area contributed by atoms with E-state index >= 15 is 0 Å². The molecule has 2 amide bonds. The number of piperidine rings is 1. The van der Waals surface area contributed by atoms with Gasteiger partial charge in [0, 0.05) is 19.5 Å². The number of aryl methyl sites for hydroxylation is 1. The Hall–Kier alpha value is -3.35. The fourth-order valence-electron chi connectivity index (χ4n) is 4.10. The van der Waals surface area contributed by atoms with Crippen molar-refractivity contribution in [2.45, 2.75) is 71.1 Å². The number of Topliss-reactive ketones (excluding diaryl/α,β-unsaturated/α-hetero) is 1. The van der Waals surface area contributed by atoms with Crippen molar-refractivity contribution in [2.75, 3.05) is 13.1 Å². The largest absolute Gasteiger partial charge is 0.445 e. The van der Waals surface area contributed by atoms with Crippen molar-refractivity contribution in [3.63, 3.8) is 0 Å². The van der Waals surface area contributed by atoms with Gasteiger partial charge in [0.25, 0.3) is 0 Å². The lowest BCUT2D eigenvalue weighted by atomic mass is 9.81. The molecule has 0 spiro atoms. The molecular formula is C28H36N2O5. The van der Waals surface area contributed by atoms with E-state index in [9.17, 15) is 14.4 Å². The molecule has 35 heavy (non-hydrogen) atoms. The minimum absolute atomic E-state index is 0.0927. The van der Waals surface area contributed by atoms with Gasteiger partial charge in [0.2, 0.25) is 0 Å². The molecule has 1 heterocycles. The van der Waals surface area contributed by atoms with Crippen LogP contribution in [0.4, 0.5) is 9.59 Å². The quantitative estimate of drug-likeness (QED) is 0.599. The first kappa shape index (κ1) is 26.3. The van der Waals surface area contributed by atoms with Gasteiger partial charge in [-0.3, -0.25) is 4.79 Å². The Morgan fingerprint density at radius 3 is 2.09 bits per heavy atom. The maximum atomic E-state index is 13.5. The zero-order valence-electron chi connectivity index (χ0n) is 21.1. The molecule has 3 rings (SSSR count). The van der Waals surface area contributed by atoms with Crippen LogP contribution in [0.1, 0.15) is 57.2 Å². The predicted molar refractivity (Wildman–Crippen MR) is 134 cm³/mol. The van der Waals surface area contributed by atoms with Gasteiger partial charge in [-0.15, -0.1) is 0 Å². The molecule has 188 valence electrons. The van der Waals surface area contributed by atoms with Crippen LogP contribution < -0.4 is 5.32 Å². The lowest BCUT2D eigenvalue weighted by Gasteiger charge is -2.41. The second-order valence-electron chi connectivity index (χ2n) is 10.0. The second-order valence-corrected chi connectivity index (χ2v) is 10.0. The molecule has 7 nitrogen and oxygen atoms in total. The van der Waals surface area contributed by atoms with Gasteiger partial charge in [-0.1, -0.05) is 61.5 Å². The van der Waals surface area contributed by atoms with Crippen LogP contribution in [0.2, 0.25) is 0 Å². The SMILES string of the molecule is CCc1ccc(CC(=O)C2(NC(=O)OC(C)(C)C)CCN(C(=O)OCc3ccccc3)CC2)cc1. The van der Waals surface area contributed by atoms with Crippen LogP contribution >= 0.6 is 0 Å². The Labute approximate surface area is 207 Å². The van der Waals surface area contributed by atoms with E-state index in [0.29, 0.717) is 25.9 Å². The van der Waals surface area contributed by atoms with E-state index in [0.717, 1.165) is 17.5 Å². The minimum atomic E-state index is -1.11. The van der Waals surface area contributed by atoms with E-state index in [1.165, 1.54) is 5.56 Å². The van der Waals surface area contributed by atoms with E-state index in [1.807, 2.05) is 54.6 Å². The predicted octanol–water partition coefficient (Wildman–Crippen LogP) is 5.06. The van der Waals surface area contributed by atoms with Crippen molar-refractivity contribution >= 4 is 18.0 Å². The number of carbonyl (C=O) groups is 3. The Balaban J connectivity index is 1.68. The normalized spacial score (nSPS) is 15.3. The number of nitrogens with one attached hydrogen (secondary N) is 1. The number of carbonyl (C=O) groups excluding carboxylic acids is 3. The molecular weight excluding hydrogens is 444 g/mol. The Morgan fingerprint density at radius 1 is 0.914 bits per heavy atom. The summed E-state index contributed by atoms with van der Waals surface area (Å²) in [6.07, 6.45) is 0.638. The van der Waals surface area contributed by atoms with Gasteiger partial charge in [0.1, 0.15) is 17.7 Å². The number of hydrogen-bond acceptors (Lipinski definition) is 5. The highest BCUT2D eigenvalue weighted by Gasteiger charge is 2.44. The number of nitrogens with zero attached hydrogens (tertiary/aromatic N) is 1. The third kappa shape index (κ3) is 7.57. The molecule has 1 aliphatic rings. The third-order valence-electron chi connectivity index (χ3n) is 6.15. The van der Waals surface area contributed by atoms with Crippen molar-refractivity contribution in [1.29, 1.82) is 0 Å². The highest BCUT2D eigenvalue weighted by molar-refractivity contribution is 5.93. The van der Waals surface area contributed by atoms with Crippen LogP contribution in [0, 0.1) is 0 Å². The molecule has 1 saturated heterocycles. The summed E-state index contributed by atoms with van der Waals surface area (Å²) in [7, 11) is 0. The van der Waals surface area contributed by atoms with Crippen LogP contribution in [-0.2, 0) is 33.7 Å². The first-order valence-electron chi connectivity index (χ1n) is 12.2. The van der Waals surface area contributed by atoms with Gasteiger partial charge in [-0.05, 0) is 56.7 Å². The zero-order chi connectivity index (χ0) is 25.5. The fourth-order valence-corrected chi connectivity index (χ4v) is 4.10. The van der Waals surface area contributed by atoms with E-state index in [4.69, 9.17) is 9.47 Å². The smallest absolute Gasteiger partial charge is 0.410 e. The topological polar surface area (TPSA) is 84.9 Å². The number of amides is 2. The Morgan fingerprint density at radius 2 is 1.51 bits per heavy atom. The van der Waals surface area contributed by atoms with Crippen molar-refractivity contribution in [3.8, 4) is 0 Å². The minimum Gasteiger partial charge on any atom is -0.445 e. The van der Waals surface area contributed by atoms with E-state index in [-0.39, 0.29) is 18.8 Å². The number of ether oxygens (including phenoxy) is 2. The van der Waals surface area contributed by atoms with Gasteiger partial charge < -0.3 is 19.7 Å². The monoisotopic (exact) mass is 480 g/mol. The van der Waals surface area contributed by atoms with Crippen LogP contribution in [0.15, 0.2) is 54.6 Å². The number of likely N-dealkylation sites (tertiary alicyclic amines) is 1. The molecule has 0 bridgehead atoms. The summed E-state index contributed by atoms with van der Waals surface area (Å²) in [6, 6.07) is 17.4. The van der Waals surface area contributed by atoms with E-state index in [2.05, 4.69) is 12.2 Å². The number of alkyl carbamates (subject to hydrolysis) is 1. The lowest BCUT2D eigenvalue weighted by Crippen LogP contribution is -2.61. The third-order valence-corrected chi connectivity index (χ3v) is 6.15. The fraction of sp³-hybridized carbons (Fsp3) is 0.464. The molecule has 1 N–H and O–H groups in total. The van der Waals surface area contributed by atoms with Crippen LogP contribution in [-0.4, -0.2) is 47.1 Å². The first-order valence-corrected chi connectivity index (χ1v) is 12.2. The van der Waals surface area contributed by atoms with Crippen molar-refractivity contribution in [2.24, 2.45) is 0 Å². The van der Waals surface area contributed by atoms with Crippen molar-refractivity contribution in [3.05, 3.63) is 71.3 Å². The van der Waals surface area contributed by atoms with E-state index in [1.54, 1.807) is 25.7 Å². The molecule has 2 aromatic carbocycles. The van der Waals surface area contributed by atoms with Gasteiger partial charge in [0.05, 0.1) is 0 Å². The highest BCUT2D eigenvalue weighted by atomic mass is 16.6. The lowest BCUT2D eigenvalue weighted by molar-refractivity contribution is -0.126. The number of benzene rings is 2. The molecule has 0 radical (unpaired) electrons. The van der Waals surface area contributed by atoms with Crippen LogP contribution in [0.5, 0.6) is 0 Å². The van der Waals surface area contributed by atoms with Gasteiger partial charge in [-0.2, -0.15) is 0 Å². The van der Waals surface area contributed by atoms with Gasteiger partial charge in [-0.25, -0.2) is 9.59 Å². The molecule has 7 heteroatoms. The van der Waals surface area contributed by atoms with E-state index < -0.39 is 23.3 Å². The summed E-state index contributed by atoms with van der Waals surface area (Å²) in [4.78, 5) is 40.4. The summed E-state index contributed by atoms with van der Waals surface area (Å²) >= 11 is 0. The van der Waals surface area contributed by atoms with Crippen LogP contribution in [0.25, 0.3) is 0 Å². The molecule has 0 unspecified atom stereocenters. The standard InChI is InChI=1S/C28H36N2O5/c1-5-21-11-13-22(14-12-21)19-24(31)28(29-25(32)35-27(2,3)4)15-17-30(18-16-28)26(33)34-20-23-9-7-6-8-10-23/h6-14H,5,15-20H2,1-4H3,(H,29,32). The molecule has 0 aliphatic carbocycles. The number of hydrogen-bond donors (Lipinski definition) is 1. The summed E-state index contributed by atoms with van der Waals surface area (Å²) in [6.45, 7) is 8.20. The molecule has 2 aromatic rings. The average molecular weight is 481 g/mol. The number of rotatable bonds is 7.